The molecule has 1 saturated heterocycles. The Morgan fingerprint density at radius 2 is 1.69 bits per heavy atom. The van der Waals surface area contributed by atoms with Gasteiger partial charge in [0.1, 0.15) is 5.82 Å². The van der Waals surface area contributed by atoms with Gasteiger partial charge in [-0.1, -0.05) is 36.4 Å². The van der Waals surface area contributed by atoms with Gasteiger partial charge in [-0.05, 0) is 35.9 Å². The summed E-state index contributed by atoms with van der Waals surface area (Å²) in [5.74, 6) is 0.196. The number of anilines is 2. The van der Waals surface area contributed by atoms with Gasteiger partial charge in [-0.3, -0.25) is 9.69 Å². The van der Waals surface area contributed by atoms with Gasteiger partial charge in [0, 0.05) is 38.3 Å². The van der Waals surface area contributed by atoms with Crippen LogP contribution in [-0.4, -0.2) is 42.0 Å². The maximum absolute atomic E-state index is 12.9. The van der Waals surface area contributed by atoms with Crippen LogP contribution >= 0.6 is 0 Å². The van der Waals surface area contributed by atoms with Crippen molar-refractivity contribution < 1.29 is 18.0 Å². The van der Waals surface area contributed by atoms with Crippen molar-refractivity contribution >= 4 is 17.4 Å². The Labute approximate surface area is 184 Å². The largest absolute Gasteiger partial charge is 0.416 e. The first-order valence-corrected chi connectivity index (χ1v) is 10.3. The zero-order chi connectivity index (χ0) is 22.6. The molecule has 2 heterocycles. The minimum atomic E-state index is -4.50. The van der Waals surface area contributed by atoms with Gasteiger partial charge in [0.2, 0.25) is 0 Å². The van der Waals surface area contributed by atoms with Gasteiger partial charge >= 0.3 is 6.18 Å². The van der Waals surface area contributed by atoms with Crippen molar-refractivity contribution in [2.75, 3.05) is 36.4 Å². The van der Waals surface area contributed by atoms with Crippen LogP contribution in [0.2, 0.25) is 0 Å². The number of benzene rings is 2. The highest BCUT2D eigenvalue weighted by Crippen LogP contribution is 2.29. The van der Waals surface area contributed by atoms with Crippen LogP contribution in [0, 0.1) is 0 Å². The number of hydrogen-bond donors (Lipinski definition) is 1. The van der Waals surface area contributed by atoms with E-state index in [0.29, 0.717) is 5.69 Å². The Morgan fingerprint density at radius 3 is 2.34 bits per heavy atom. The molecule has 0 saturated carbocycles. The van der Waals surface area contributed by atoms with Gasteiger partial charge in [-0.25, -0.2) is 4.98 Å². The summed E-state index contributed by atoms with van der Waals surface area (Å²) in [6.45, 7) is 4.45. The summed E-state index contributed by atoms with van der Waals surface area (Å²) < 4.78 is 38.6. The molecule has 1 aromatic heterocycles. The van der Waals surface area contributed by atoms with E-state index in [-0.39, 0.29) is 5.56 Å². The lowest BCUT2D eigenvalue weighted by atomic mass is 10.1. The van der Waals surface area contributed by atoms with Crippen molar-refractivity contribution in [1.82, 2.24) is 9.88 Å². The van der Waals surface area contributed by atoms with E-state index in [2.05, 4.69) is 32.2 Å². The van der Waals surface area contributed by atoms with Crippen molar-refractivity contribution in [2.45, 2.75) is 12.7 Å². The van der Waals surface area contributed by atoms with Crippen LogP contribution in [-0.2, 0) is 12.7 Å². The lowest BCUT2D eigenvalue weighted by Gasteiger charge is -2.35. The number of amides is 1. The highest BCUT2D eigenvalue weighted by molar-refractivity contribution is 6.04. The number of nitrogens with zero attached hydrogens (tertiary/aromatic N) is 3. The van der Waals surface area contributed by atoms with Crippen molar-refractivity contribution in [3.05, 3.63) is 89.6 Å². The fourth-order valence-electron chi connectivity index (χ4n) is 3.66. The van der Waals surface area contributed by atoms with Crippen LogP contribution in [0.15, 0.2) is 72.9 Å². The number of hydrogen-bond acceptors (Lipinski definition) is 4. The molecule has 2 aromatic carbocycles. The molecule has 8 heteroatoms. The predicted molar refractivity (Wildman–Crippen MR) is 118 cm³/mol. The molecule has 5 nitrogen and oxygen atoms in total. The molecule has 0 radical (unpaired) electrons. The summed E-state index contributed by atoms with van der Waals surface area (Å²) in [7, 11) is 0. The van der Waals surface area contributed by atoms with Crippen molar-refractivity contribution in [3.8, 4) is 0 Å². The summed E-state index contributed by atoms with van der Waals surface area (Å²) in [6.07, 6.45) is -2.97. The third-order valence-electron chi connectivity index (χ3n) is 5.40. The minimum absolute atomic E-state index is 0.0570. The number of rotatable bonds is 5. The van der Waals surface area contributed by atoms with Crippen molar-refractivity contribution in [1.29, 1.82) is 0 Å². The summed E-state index contributed by atoms with van der Waals surface area (Å²) in [5, 5.41) is 2.61. The molecule has 0 atom stereocenters. The van der Waals surface area contributed by atoms with Gasteiger partial charge in [0.15, 0.2) is 0 Å². The van der Waals surface area contributed by atoms with E-state index in [4.69, 9.17) is 0 Å². The Morgan fingerprint density at radius 1 is 0.938 bits per heavy atom. The van der Waals surface area contributed by atoms with Crippen LogP contribution in [0.25, 0.3) is 0 Å². The molecule has 3 aromatic rings. The summed E-state index contributed by atoms with van der Waals surface area (Å²) in [6, 6.07) is 18.2. The molecule has 1 fully saturated rings. The second-order valence-electron chi connectivity index (χ2n) is 7.69. The van der Waals surface area contributed by atoms with Crippen LogP contribution in [0.4, 0.5) is 24.7 Å². The van der Waals surface area contributed by atoms with Crippen LogP contribution in [0.3, 0.4) is 0 Å². The lowest BCUT2D eigenvalue weighted by Crippen LogP contribution is -2.46. The normalized spacial score (nSPS) is 14.9. The first-order valence-electron chi connectivity index (χ1n) is 10.3. The number of carbonyl (C=O) groups excluding carboxylic acids is 1. The molecule has 1 amide bonds. The Hall–Kier alpha value is -3.39. The van der Waals surface area contributed by atoms with Crippen LogP contribution in [0.1, 0.15) is 21.5 Å². The number of carbonyl (C=O) groups is 1. The molecule has 32 heavy (non-hydrogen) atoms. The van der Waals surface area contributed by atoms with Crippen LogP contribution < -0.4 is 10.2 Å². The van der Waals surface area contributed by atoms with Crippen LogP contribution in [0.5, 0.6) is 0 Å². The van der Waals surface area contributed by atoms with Gasteiger partial charge in [0.25, 0.3) is 5.91 Å². The topological polar surface area (TPSA) is 48.5 Å². The molecule has 0 aliphatic carbocycles. The number of halogens is 3. The summed E-state index contributed by atoms with van der Waals surface area (Å²) >= 11 is 0. The zero-order valence-corrected chi connectivity index (χ0v) is 17.3. The SMILES string of the molecule is O=C(Nc1ccc(N2CCN(Cc3ccccc3)CC2)nc1)c1cccc(C(F)(F)F)c1. The summed E-state index contributed by atoms with van der Waals surface area (Å²) in [4.78, 5) is 21.4. The highest BCUT2D eigenvalue weighted by atomic mass is 19.4. The van der Waals surface area contributed by atoms with Gasteiger partial charge in [0.05, 0.1) is 17.4 Å². The van der Waals surface area contributed by atoms with Crippen molar-refractivity contribution in [3.63, 3.8) is 0 Å². The third-order valence-corrected chi connectivity index (χ3v) is 5.40. The molecule has 4 rings (SSSR count). The first kappa shape index (κ1) is 21.8. The molecule has 166 valence electrons. The molecule has 1 aliphatic rings. The Kier molecular flexibility index (Phi) is 6.41. The van der Waals surface area contributed by atoms with Gasteiger partial charge < -0.3 is 10.2 Å². The Bertz CT molecular complexity index is 1050. The molecular weight excluding hydrogens is 417 g/mol. The smallest absolute Gasteiger partial charge is 0.354 e. The molecule has 1 N–H and O–H groups in total. The fourth-order valence-corrected chi connectivity index (χ4v) is 3.66. The monoisotopic (exact) mass is 440 g/mol. The number of piperazine rings is 1. The third kappa shape index (κ3) is 5.45. The number of nitrogens with one attached hydrogen (secondary N) is 1. The van der Waals surface area contributed by atoms with E-state index in [0.717, 1.165) is 50.7 Å². The van der Waals surface area contributed by atoms with Crippen molar-refractivity contribution in [2.24, 2.45) is 0 Å². The van der Waals surface area contributed by atoms with E-state index in [1.54, 1.807) is 6.07 Å². The molecular formula is C24H23F3N4O. The van der Waals surface area contributed by atoms with E-state index >= 15 is 0 Å². The maximum Gasteiger partial charge on any atom is 0.416 e. The van der Waals surface area contributed by atoms with E-state index in [1.165, 1.54) is 23.9 Å². The van der Waals surface area contributed by atoms with Gasteiger partial charge in [-0.2, -0.15) is 13.2 Å². The molecule has 0 spiro atoms. The standard InChI is InChI=1S/C24H23F3N4O/c25-24(26,27)20-8-4-7-19(15-20)23(32)29-21-9-10-22(28-16-21)31-13-11-30(12-14-31)17-18-5-2-1-3-6-18/h1-10,15-16H,11-14,17H2,(H,29,32). The summed E-state index contributed by atoms with van der Waals surface area (Å²) in [5.41, 5.74) is 0.808. The predicted octanol–water partition coefficient (Wildman–Crippen LogP) is 4.67. The number of pyridine rings is 1. The second-order valence-corrected chi connectivity index (χ2v) is 7.69. The number of aromatic nitrogens is 1. The molecule has 0 unspecified atom stereocenters. The molecule has 0 bridgehead atoms. The zero-order valence-electron chi connectivity index (χ0n) is 17.3. The maximum atomic E-state index is 12.9. The fraction of sp³-hybridized carbons (Fsp3) is 0.250. The second kappa shape index (κ2) is 9.40. The average Bonchev–Trinajstić information content (AvgIpc) is 2.80. The first-order chi connectivity index (χ1) is 15.4. The van der Waals surface area contributed by atoms with E-state index < -0.39 is 17.6 Å². The quantitative estimate of drug-likeness (QED) is 0.626. The molecule has 1 aliphatic heterocycles. The van der Waals surface area contributed by atoms with E-state index in [1.807, 2.05) is 24.3 Å². The highest BCUT2D eigenvalue weighted by Gasteiger charge is 2.30. The Balaban J connectivity index is 1.32. The minimum Gasteiger partial charge on any atom is -0.354 e. The lowest BCUT2D eigenvalue weighted by molar-refractivity contribution is -0.137. The number of alkyl halides is 3. The van der Waals surface area contributed by atoms with E-state index in [9.17, 15) is 18.0 Å². The van der Waals surface area contributed by atoms with Gasteiger partial charge in [-0.15, -0.1) is 0 Å². The average molecular weight is 440 g/mol.